The number of carbonyl (C=O) groups is 1. The fourth-order valence-corrected chi connectivity index (χ4v) is 1.83. The quantitative estimate of drug-likeness (QED) is 0.763. The van der Waals surface area contributed by atoms with Crippen molar-refractivity contribution in [2.45, 2.75) is 19.3 Å². The molecule has 2 rings (SSSR count). The number of nitrogens with zero attached hydrogens (tertiary/aromatic N) is 2. The van der Waals surface area contributed by atoms with Gasteiger partial charge in [-0.1, -0.05) is 0 Å². The molecule has 1 aromatic rings. The molecule has 0 radical (unpaired) electrons. The molecule has 0 bridgehead atoms. The van der Waals surface area contributed by atoms with Crippen LogP contribution < -0.4 is 0 Å². The van der Waals surface area contributed by atoms with Gasteiger partial charge in [0.25, 0.3) is 0 Å². The minimum absolute atomic E-state index is 0. The molecule has 1 aliphatic rings. The molecular formula is C9H13ClN2O2. The number of carboxylic acid groups (broad SMARTS) is 1. The second kappa shape index (κ2) is 4.00. The average Bonchev–Trinajstić information content (AvgIpc) is 2.47. The normalized spacial score (nSPS) is 19.6. The van der Waals surface area contributed by atoms with Gasteiger partial charge in [-0.15, -0.1) is 12.4 Å². The molecule has 0 saturated carbocycles. The van der Waals surface area contributed by atoms with Crippen LogP contribution in [0, 0.1) is 5.92 Å². The van der Waals surface area contributed by atoms with Crippen LogP contribution >= 0.6 is 12.4 Å². The third-order valence-corrected chi connectivity index (χ3v) is 2.66. The van der Waals surface area contributed by atoms with E-state index in [0.717, 1.165) is 24.2 Å². The maximum atomic E-state index is 10.8. The molecule has 0 aliphatic heterocycles. The zero-order valence-electron chi connectivity index (χ0n) is 7.93. The van der Waals surface area contributed by atoms with Gasteiger partial charge >= 0.3 is 5.97 Å². The van der Waals surface area contributed by atoms with Crippen LogP contribution in [0.1, 0.15) is 17.8 Å². The molecule has 1 N–H and O–H groups in total. The topological polar surface area (TPSA) is 55.1 Å². The summed E-state index contributed by atoms with van der Waals surface area (Å²) in [7, 11) is 1.91. The van der Waals surface area contributed by atoms with Crippen molar-refractivity contribution >= 4 is 18.4 Å². The minimum atomic E-state index is -0.688. The Kier molecular flexibility index (Phi) is 3.16. The Balaban J connectivity index is 0.000000980. The van der Waals surface area contributed by atoms with Crippen LogP contribution in [0.15, 0.2) is 6.33 Å². The lowest BCUT2D eigenvalue weighted by Crippen LogP contribution is -2.23. The lowest BCUT2D eigenvalue weighted by Gasteiger charge is -2.18. The van der Waals surface area contributed by atoms with Gasteiger partial charge in [-0.3, -0.25) is 4.79 Å². The number of hydrogen-bond acceptors (Lipinski definition) is 2. The Morgan fingerprint density at radius 2 is 2.43 bits per heavy atom. The molecule has 0 saturated heterocycles. The van der Waals surface area contributed by atoms with Gasteiger partial charge in [0.1, 0.15) is 0 Å². The number of carboxylic acids is 1. The summed E-state index contributed by atoms with van der Waals surface area (Å²) in [5.74, 6) is -0.908. The van der Waals surface area contributed by atoms with Gasteiger partial charge in [0.15, 0.2) is 0 Å². The third kappa shape index (κ3) is 1.75. The molecular weight excluding hydrogens is 204 g/mol. The van der Waals surface area contributed by atoms with Crippen molar-refractivity contribution in [3.05, 3.63) is 17.7 Å². The van der Waals surface area contributed by atoms with Crippen LogP contribution in [-0.2, 0) is 24.7 Å². The number of rotatable bonds is 1. The van der Waals surface area contributed by atoms with Crippen molar-refractivity contribution in [2.75, 3.05) is 0 Å². The molecule has 0 fully saturated rings. The highest BCUT2D eigenvalue weighted by atomic mass is 35.5. The highest BCUT2D eigenvalue weighted by Crippen LogP contribution is 2.24. The van der Waals surface area contributed by atoms with Gasteiger partial charge in [0, 0.05) is 19.2 Å². The van der Waals surface area contributed by atoms with Crippen LogP contribution in [0.25, 0.3) is 0 Å². The van der Waals surface area contributed by atoms with Gasteiger partial charge < -0.3 is 9.67 Å². The monoisotopic (exact) mass is 216 g/mol. The summed E-state index contributed by atoms with van der Waals surface area (Å²) in [5.41, 5.74) is 2.15. The van der Waals surface area contributed by atoms with E-state index in [1.807, 2.05) is 11.6 Å². The van der Waals surface area contributed by atoms with E-state index in [-0.39, 0.29) is 18.3 Å². The molecule has 1 heterocycles. The van der Waals surface area contributed by atoms with Crippen molar-refractivity contribution < 1.29 is 9.90 Å². The molecule has 14 heavy (non-hydrogen) atoms. The zero-order valence-corrected chi connectivity index (χ0v) is 8.75. The second-order valence-corrected chi connectivity index (χ2v) is 3.53. The number of aliphatic carboxylic acids is 1. The second-order valence-electron chi connectivity index (χ2n) is 3.53. The van der Waals surface area contributed by atoms with Crippen LogP contribution in [0.4, 0.5) is 0 Å². The molecule has 5 heteroatoms. The average molecular weight is 217 g/mol. The first-order chi connectivity index (χ1) is 6.18. The van der Waals surface area contributed by atoms with E-state index in [9.17, 15) is 4.79 Å². The minimum Gasteiger partial charge on any atom is -0.481 e. The summed E-state index contributed by atoms with van der Waals surface area (Å²) in [4.78, 5) is 15.0. The van der Waals surface area contributed by atoms with Crippen molar-refractivity contribution in [1.29, 1.82) is 0 Å². The van der Waals surface area contributed by atoms with Gasteiger partial charge in [0.2, 0.25) is 0 Å². The maximum absolute atomic E-state index is 10.8. The first-order valence-corrected chi connectivity index (χ1v) is 4.40. The summed E-state index contributed by atoms with van der Waals surface area (Å²) >= 11 is 0. The van der Waals surface area contributed by atoms with Crippen molar-refractivity contribution in [1.82, 2.24) is 9.55 Å². The molecule has 0 aromatic carbocycles. The molecule has 4 nitrogen and oxygen atoms in total. The number of fused-ring (bicyclic) bond motifs is 1. The predicted molar refractivity (Wildman–Crippen MR) is 53.6 cm³/mol. The molecule has 78 valence electrons. The third-order valence-electron chi connectivity index (χ3n) is 2.66. The first-order valence-electron chi connectivity index (χ1n) is 4.40. The summed E-state index contributed by atoms with van der Waals surface area (Å²) in [6, 6.07) is 0. The van der Waals surface area contributed by atoms with Gasteiger partial charge in [0.05, 0.1) is 17.9 Å². The van der Waals surface area contributed by atoms with Crippen LogP contribution in [0.3, 0.4) is 0 Å². The number of aromatic nitrogens is 2. The fraction of sp³-hybridized carbons (Fsp3) is 0.556. The van der Waals surface area contributed by atoms with E-state index < -0.39 is 5.97 Å². The molecule has 0 amide bonds. The van der Waals surface area contributed by atoms with E-state index in [0.29, 0.717) is 6.42 Å². The molecule has 1 atom stereocenters. The number of hydrogen-bond donors (Lipinski definition) is 1. The predicted octanol–water partition coefficient (Wildman–Crippen LogP) is 1.03. The molecule has 1 aromatic heterocycles. The van der Waals surface area contributed by atoms with Gasteiger partial charge in [-0.05, 0) is 12.8 Å². The lowest BCUT2D eigenvalue weighted by molar-refractivity contribution is -0.142. The number of halogens is 1. The summed E-state index contributed by atoms with van der Waals surface area (Å²) in [6.07, 6.45) is 3.91. The van der Waals surface area contributed by atoms with Crippen LogP contribution in [0.2, 0.25) is 0 Å². The largest absolute Gasteiger partial charge is 0.481 e. The SMILES string of the molecule is Cl.Cn1cnc2c1CC(C(=O)O)CC2. The van der Waals surface area contributed by atoms with Gasteiger partial charge in [-0.2, -0.15) is 0 Å². The molecule has 0 spiro atoms. The summed E-state index contributed by atoms with van der Waals surface area (Å²) in [5, 5.41) is 8.86. The van der Waals surface area contributed by atoms with Crippen molar-refractivity contribution in [2.24, 2.45) is 13.0 Å². The molecule has 1 aliphatic carbocycles. The van der Waals surface area contributed by atoms with E-state index in [4.69, 9.17) is 5.11 Å². The van der Waals surface area contributed by atoms with Gasteiger partial charge in [-0.25, -0.2) is 4.98 Å². The van der Waals surface area contributed by atoms with E-state index in [1.165, 1.54) is 0 Å². The Morgan fingerprint density at radius 1 is 1.71 bits per heavy atom. The van der Waals surface area contributed by atoms with E-state index in [1.54, 1.807) is 6.33 Å². The standard InChI is InChI=1S/C9H12N2O2.ClH/c1-11-5-10-7-3-2-6(9(12)13)4-8(7)11;/h5-6H,2-4H2,1H3,(H,12,13);1H. The highest BCUT2D eigenvalue weighted by molar-refractivity contribution is 5.85. The smallest absolute Gasteiger partial charge is 0.306 e. The Morgan fingerprint density at radius 3 is 3.07 bits per heavy atom. The summed E-state index contributed by atoms with van der Waals surface area (Å²) in [6.45, 7) is 0. The number of imidazole rings is 1. The Labute approximate surface area is 88.4 Å². The van der Waals surface area contributed by atoms with Crippen LogP contribution in [0.5, 0.6) is 0 Å². The highest BCUT2D eigenvalue weighted by Gasteiger charge is 2.26. The fourth-order valence-electron chi connectivity index (χ4n) is 1.83. The Bertz CT molecular complexity index is 349. The summed E-state index contributed by atoms with van der Waals surface area (Å²) < 4.78 is 1.92. The number of aryl methyl sites for hydroxylation is 2. The van der Waals surface area contributed by atoms with E-state index >= 15 is 0 Å². The van der Waals surface area contributed by atoms with Crippen LogP contribution in [-0.4, -0.2) is 20.6 Å². The Hall–Kier alpha value is -1.03. The van der Waals surface area contributed by atoms with E-state index in [2.05, 4.69) is 4.98 Å². The lowest BCUT2D eigenvalue weighted by atomic mass is 9.90. The van der Waals surface area contributed by atoms with Crippen molar-refractivity contribution in [3.63, 3.8) is 0 Å². The van der Waals surface area contributed by atoms with Crippen molar-refractivity contribution in [3.8, 4) is 0 Å². The maximum Gasteiger partial charge on any atom is 0.306 e. The zero-order chi connectivity index (χ0) is 9.42. The first kappa shape index (κ1) is 11.0. The molecule has 1 unspecified atom stereocenters.